The molecule has 1 heterocycles. The van der Waals surface area contributed by atoms with Gasteiger partial charge >= 0.3 is 0 Å². The lowest BCUT2D eigenvalue weighted by Gasteiger charge is -2.34. The normalized spacial score (nSPS) is 20.8. The van der Waals surface area contributed by atoms with Gasteiger partial charge in [-0.2, -0.15) is 0 Å². The average Bonchev–Trinajstić information content (AvgIpc) is 2.47. The summed E-state index contributed by atoms with van der Waals surface area (Å²) in [7, 11) is 0. The molecule has 1 aliphatic heterocycles. The molecule has 2 unspecified atom stereocenters. The quantitative estimate of drug-likeness (QED) is 0.915. The Balaban J connectivity index is 1.95. The van der Waals surface area contributed by atoms with E-state index in [1.165, 1.54) is 11.1 Å². The van der Waals surface area contributed by atoms with E-state index in [1.54, 1.807) is 0 Å². The average molecular weight is 274 g/mol. The van der Waals surface area contributed by atoms with Crippen molar-refractivity contribution in [3.05, 3.63) is 35.4 Å². The second-order valence-corrected chi connectivity index (χ2v) is 5.84. The van der Waals surface area contributed by atoms with Crippen LogP contribution in [0, 0.1) is 0 Å². The van der Waals surface area contributed by atoms with Crippen LogP contribution in [-0.4, -0.2) is 36.5 Å². The highest BCUT2D eigenvalue weighted by atomic mass is 16.2. The van der Waals surface area contributed by atoms with E-state index < -0.39 is 0 Å². The summed E-state index contributed by atoms with van der Waals surface area (Å²) >= 11 is 0. The number of nitrogens with zero attached hydrogens (tertiary/aromatic N) is 1. The minimum absolute atomic E-state index is 0.283. The summed E-state index contributed by atoms with van der Waals surface area (Å²) in [6.45, 7) is 9.08. The highest BCUT2D eigenvalue weighted by Gasteiger charge is 2.24. The highest BCUT2D eigenvalue weighted by Crippen LogP contribution is 2.21. The van der Waals surface area contributed by atoms with Gasteiger partial charge in [0.05, 0.1) is 0 Å². The molecule has 3 heteroatoms. The van der Waals surface area contributed by atoms with Crippen molar-refractivity contribution in [2.45, 2.75) is 45.6 Å². The van der Waals surface area contributed by atoms with Gasteiger partial charge in [0.1, 0.15) is 0 Å². The number of carbonyl (C=O) groups is 1. The predicted molar refractivity (Wildman–Crippen MR) is 82.9 cm³/mol. The lowest BCUT2D eigenvalue weighted by Crippen LogP contribution is -2.52. The lowest BCUT2D eigenvalue weighted by molar-refractivity contribution is -0.134. The van der Waals surface area contributed by atoms with E-state index in [1.807, 2.05) is 4.90 Å². The Bertz CT molecular complexity index is 441. The van der Waals surface area contributed by atoms with Crippen LogP contribution in [-0.2, 0) is 11.2 Å². The van der Waals surface area contributed by atoms with E-state index >= 15 is 0 Å². The summed E-state index contributed by atoms with van der Waals surface area (Å²) in [6, 6.07) is 8.98. The van der Waals surface area contributed by atoms with Gasteiger partial charge in [-0.25, -0.2) is 0 Å². The van der Waals surface area contributed by atoms with E-state index in [-0.39, 0.29) is 11.8 Å². The van der Waals surface area contributed by atoms with Crippen LogP contribution < -0.4 is 5.32 Å². The highest BCUT2D eigenvalue weighted by molar-refractivity contribution is 5.77. The molecule has 3 nitrogen and oxygen atoms in total. The van der Waals surface area contributed by atoms with Crippen LogP contribution in [0.15, 0.2) is 24.3 Å². The summed E-state index contributed by atoms with van der Waals surface area (Å²) in [5.41, 5.74) is 2.61. The van der Waals surface area contributed by atoms with Crippen molar-refractivity contribution in [1.29, 1.82) is 0 Å². The maximum atomic E-state index is 12.4. The fourth-order valence-electron chi connectivity index (χ4n) is 2.79. The molecule has 0 radical (unpaired) electrons. The third kappa shape index (κ3) is 3.60. The predicted octanol–water partition coefficient (Wildman–Crippen LogP) is 2.56. The Kier molecular flexibility index (Phi) is 5.18. The second-order valence-electron chi connectivity index (χ2n) is 5.84. The molecule has 0 aliphatic carbocycles. The van der Waals surface area contributed by atoms with Gasteiger partial charge in [0.15, 0.2) is 0 Å². The Morgan fingerprint density at radius 1 is 1.40 bits per heavy atom. The fraction of sp³-hybridized carbons (Fsp3) is 0.588. The number of nitrogens with one attached hydrogen (secondary N) is 1. The minimum Gasteiger partial charge on any atom is -0.337 e. The summed E-state index contributed by atoms with van der Waals surface area (Å²) in [6.07, 6.45) is 1.67. The third-order valence-corrected chi connectivity index (χ3v) is 4.26. The van der Waals surface area contributed by atoms with Crippen LogP contribution in [0.4, 0.5) is 0 Å². The number of amides is 1. The SMILES string of the molecule is CCc1ccc(C(C)CC(=O)N2CCNCC2C)cc1. The number of piperazine rings is 1. The fourth-order valence-corrected chi connectivity index (χ4v) is 2.79. The summed E-state index contributed by atoms with van der Waals surface area (Å²) < 4.78 is 0. The molecule has 110 valence electrons. The molecular formula is C17H26N2O. The number of benzene rings is 1. The Morgan fingerprint density at radius 2 is 2.10 bits per heavy atom. The summed E-state index contributed by atoms with van der Waals surface area (Å²) in [4.78, 5) is 14.4. The first kappa shape index (κ1) is 15.0. The van der Waals surface area contributed by atoms with Crippen molar-refractivity contribution in [3.63, 3.8) is 0 Å². The van der Waals surface area contributed by atoms with Crippen molar-refractivity contribution in [2.24, 2.45) is 0 Å². The molecule has 1 aromatic carbocycles. The first-order chi connectivity index (χ1) is 9.61. The van der Waals surface area contributed by atoms with Crippen LogP contribution >= 0.6 is 0 Å². The molecule has 1 N–H and O–H groups in total. The maximum absolute atomic E-state index is 12.4. The maximum Gasteiger partial charge on any atom is 0.223 e. The van der Waals surface area contributed by atoms with Crippen molar-refractivity contribution in [2.75, 3.05) is 19.6 Å². The first-order valence-electron chi connectivity index (χ1n) is 7.70. The van der Waals surface area contributed by atoms with Gasteiger partial charge in [-0.15, -0.1) is 0 Å². The molecule has 0 bridgehead atoms. The standard InChI is InChI=1S/C17H26N2O/c1-4-15-5-7-16(8-6-15)13(2)11-17(20)19-10-9-18-12-14(19)3/h5-8,13-14,18H,4,9-12H2,1-3H3. The van der Waals surface area contributed by atoms with Crippen LogP contribution in [0.1, 0.15) is 44.2 Å². The molecule has 1 saturated heterocycles. The van der Waals surface area contributed by atoms with Gasteiger partial charge in [-0.3, -0.25) is 4.79 Å². The zero-order valence-corrected chi connectivity index (χ0v) is 12.9. The second kappa shape index (κ2) is 6.89. The number of hydrogen-bond acceptors (Lipinski definition) is 2. The van der Waals surface area contributed by atoms with E-state index in [0.29, 0.717) is 12.5 Å². The van der Waals surface area contributed by atoms with Gasteiger partial charge in [0.2, 0.25) is 5.91 Å². The zero-order valence-electron chi connectivity index (χ0n) is 12.9. The number of rotatable bonds is 4. The van der Waals surface area contributed by atoms with E-state index in [0.717, 1.165) is 26.1 Å². The topological polar surface area (TPSA) is 32.3 Å². The molecule has 0 saturated carbocycles. The molecule has 2 atom stereocenters. The van der Waals surface area contributed by atoms with Gasteiger partial charge < -0.3 is 10.2 Å². The molecular weight excluding hydrogens is 248 g/mol. The lowest BCUT2D eigenvalue weighted by atomic mass is 9.95. The molecule has 1 aromatic rings. The van der Waals surface area contributed by atoms with Crippen LogP contribution in [0.5, 0.6) is 0 Å². The van der Waals surface area contributed by atoms with Gasteiger partial charge in [-0.1, -0.05) is 38.1 Å². The molecule has 2 rings (SSSR count). The molecule has 0 aromatic heterocycles. The van der Waals surface area contributed by atoms with Crippen molar-refractivity contribution < 1.29 is 4.79 Å². The molecule has 1 amide bonds. The molecule has 1 aliphatic rings. The van der Waals surface area contributed by atoms with Crippen LogP contribution in [0.2, 0.25) is 0 Å². The Hall–Kier alpha value is -1.35. The summed E-state index contributed by atoms with van der Waals surface area (Å²) in [5, 5.41) is 3.32. The Morgan fingerprint density at radius 3 is 2.70 bits per heavy atom. The van der Waals surface area contributed by atoms with Gasteiger partial charge in [0.25, 0.3) is 0 Å². The van der Waals surface area contributed by atoms with Crippen LogP contribution in [0.3, 0.4) is 0 Å². The monoisotopic (exact) mass is 274 g/mol. The molecule has 0 spiro atoms. The Labute approximate surface area is 122 Å². The van der Waals surface area contributed by atoms with Gasteiger partial charge in [-0.05, 0) is 30.4 Å². The van der Waals surface area contributed by atoms with E-state index in [2.05, 4.69) is 50.4 Å². The number of hydrogen-bond donors (Lipinski definition) is 1. The van der Waals surface area contributed by atoms with Crippen molar-refractivity contribution in [1.82, 2.24) is 10.2 Å². The van der Waals surface area contributed by atoms with Gasteiger partial charge in [0, 0.05) is 32.1 Å². The van der Waals surface area contributed by atoms with Crippen molar-refractivity contribution >= 4 is 5.91 Å². The van der Waals surface area contributed by atoms with E-state index in [9.17, 15) is 4.79 Å². The van der Waals surface area contributed by atoms with E-state index in [4.69, 9.17) is 0 Å². The molecule has 20 heavy (non-hydrogen) atoms. The number of aryl methyl sites for hydroxylation is 1. The third-order valence-electron chi connectivity index (χ3n) is 4.26. The summed E-state index contributed by atoms with van der Waals surface area (Å²) in [5.74, 6) is 0.571. The van der Waals surface area contributed by atoms with Crippen LogP contribution in [0.25, 0.3) is 0 Å². The first-order valence-corrected chi connectivity index (χ1v) is 7.70. The molecule has 1 fully saturated rings. The minimum atomic E-state index is 0.283. The number of carbonyl (C=O) groups excluding carboxylic acids is 1. The largest absolute Gasteiger partial charge is 0.337 e. The van der Waals surface area contributed by atoms with Crippen molar-refractivity contribution in [3.8, 4) is 0 Å². The smallest absolute Gasteiger partial charge is 0.223 e. The zero-order chi connectivity index (χ0) is 14.5.